The van der Waals surface area contributed by atoms with E-state index in [2.05, 4.69) is 24.1 Å². The van der Waals surface area contributed by atoms with E-state index < -0.39 is 12.6 Å². The first-order chi connectivity index (χ1) is 9.29. The molecule has 5 heteroatoms. The van der Waals surface area contributed by atoms with Gasteiger partial charge in [-0.3, -0.25) is 4.90 Å². The Kier molecular flexibility index (Phi) is 4.69. The van der Waals surface area contributed by atoms with Gasteiger partial charge in [0.2, 0.25) is 0 Å². The summed E-state index contributed by atoms with van der Waals surface area (Å²) < 4.78 is 37.7. The van der Waals surface area contributed by atoms with Gasteiger partial charge in [-0.1, -0.05) is 26.2 Å². The van der Waals surface area contributed by atoms with Crippen LogP contribution in [0.3, 0.4) is 0 Å². The van der Waals surface area contributed by atoms with Gasteiger partial charge in [-0.05, 0) is 26.2 Å². The fraction of sp³-hybridized carbons (Fsp3) is 1.00. The number of rotatable bonds is 3. The summed E-state index contributed by atoms with van der Waals surface area (Å²) in [4.78, 5) is 2.10. The first kappa shape index (κ1) is 16.1. The van der Waals surface area contributed by atoms with E-state index in [9.17, 15) is 13.2 Å². The Morgan fingerprint density at radius 2 is 1.80 bits per heavy atom. The highest BCUT2D eigenvalue weighted by Gasteiger charge is 2.45. The molecule has 1 aliphatic heterocycles. The molecule has 0 amide bonds. The molecule has 0 aromatic rings. The second-order valence-corrected chi connectivity index (χ2v) is 6.83. The number of nitrogens with one attached hydrogen (secondary N) is 1. The van der Waals surface area contributed by atoms with E-state index in [0.717, 1.165) is 32.4 Å². The second kappa shape index (κ2) is 5.84. The predicted octanol–water partition coefficient (Wildman–Crippen LogP) is 3.72. The monoisotopic (exact) mass is 292 g/mol. The molecule has 0 bridgehead atoms. The van der Waals surface area contributed by atoms with Crippen LogP contribution in [-0.2, 0) is 0 Å². The standard InChI is InChI=1S/C15H27F3N2/c1-3-13(2)11-19-14(7-5-4-6-8-14)12-20(13)10-9-15(16,17)18/h19H,3-12H2,1-2H3. The zero-order valence-corrected chi connectivity index (χ0v) is 12.7. The summed E-state index contributed by atoms with van der Waals surface area (Å²) >= 11 is 0. The normalized spacial score (nSPS) is 31.6. The molecule has 1 saturated carbocycles. The maximum Gasteiger partial charge on any atom is 0.390 e. The smallest absolute Gasteiger partial charge is 0.308 e. The molecule has 1 saturated heterocycles. The van der Waals surface area contributed by atoms with Crippen molar-refractivity contribution in [2.75, 3.05) is 19.6 Å². The lowest BCUT2D eigenvalue weighted by Gasteiger charge is -2.54. The van der Waals surface area contributed by atoms with E-state index in [-0.39, 0.29) is 17.6 Å². The van der Waals surface area contributed by atoms with E-state index in [1.807, 2.05) is 0 Å². The third kappa shape index (κ3) is 3.67. The van der Waals surface area contributed by atoms with E-state index in [0.29, 0.717) is 0 Å². The minimum atomic E-state index is -4.06. The van der Waals surface area contributed by atoms with Gasteiger partial charge in [0.1, 0.15) is 0 Å². The van der Waals surface area contributed by atoms with Gasteiger partial charge in [-0.2, -0.15) is 13.2 Å². The fourth-order valence-electron chi connectivity index (χ4n) is 3.62. The second-order valence-electron chi connectivity index (χ2n) is 6.83. The van der Waals surface area contributed by atoms with Crippen LogP contribution in [0.5, 0.6) is 0 Å². The molecule has 2 rings (SSSR count). The lowest BCUT2D eigenvalue weighted by Crippen LogP contribution is -2.69. The van der Waals surface area contributed by atoms with Crippen LogP contribution in [0, 0.1) is 0 Å². The highest BCUT2D eigenvalue weighted by molar-refractivity contribution is 5.04. The summed E-state index contributed by atoms with van der Waals surface area (Å²) in [5.74, 6) is 0. The van der Waals surface area contributed by atoms with Crippen LogP contribution in [0.4, 0.5) is 13.2 Å². The molecule has 2 fully saturated rings. The van der Waals surface area contributed by atoms with Crippen molar-refractivity contribution < 1.29 is 13.2 Å². The Balaban J connectivity index is 2.05. The number of hydrogen-bond donors (Lipinski definition) is 1. The molecule has 0 aromatic carbocycles. The summed E-state index contributed by atoms with van der Waals surface area (Å²) in [5.41, 5.74) is -0.0769. The summed E-state index contributed by atoms with van der Waals surface area (Å²) in [5, 5.41) is 3.68. The lowest BCUT2D eigenvalue weighted by atomic mass is 9.77. The van der Waals surface area contributed by atoms with Gasteiger partial charge in [-0.25, -0.2) is 0 Å². The Hall–Kier alpha value is -0.290. The van der Waals surface area contributed by atoms with Crippen molar-refractivity contribution in [1.82, 2.24) is 10.2 Å². The van der Waals surface area contributed by atoms with Gasteiger partial charge < -0.3 is 5.32 Å². The van der Waals surface area contributed by atoms with Gasteiger partial charge >= 0.3 is 6.18 Å². The molecular weight excluding hydrogens is 265 g/mol. The predicted molar refractivity (Wildman–Crippen MR) is 74.8 cm³/mol. The van der Waals surface area contributed by atoms with Gasteiger partial charge in [-0.15, -0.1) is 0 Å². The van der Waals surface area contributed by atoms with E-state index in [1.165, 1.54) is 19.3 Å². The summed E-state index contributed by atoms with van der Waals surface area (Å²) in [6.07, 6.45) is 2.00. The molecule has 0 aromatic heterocycles. The molecule has 0 radical (unpaired) electrons. The molecule has 2 aliphatic rings. The Morgan fingerprint density at radius 1 is 1.15 bits per heavy atom. The number of alkyl halides is 3. The zero-order valence-electron chi connectivity index (χ0n) is 12.7. The Bertz CT molecular complexity index is 324. The average molecular weight is 292 g/mol. The minimum absolute atomic E-state index is 0.0680. The molecule has 1 aliphatic carbocycles. The van der Waals surface area contributed by atoms with Crippen LogP contribution in [0.25, 0.3) is 0 Å². The van der Waals surface area contributed by atoms with Crippen LogP contribution in [0.2, 0.25) is 0 Å². The number of hydrogen-bond acceptors (Lipinski definition) is 2. The number of halogens is 3. The summed E-state index contributed by atoms with van der Waals surface area (Å²) in [7, 11) is 0. The van der Waals surface area contributed by atoms with Crippen molar-refractivity contribution >= 4 is 0 Å². The largest absolute Gasteiger partial charge is 0.390 e. The third-order valence-electron chi connectivity index (χ3n) is 5.34. The average Bonchev–Trinajstić information content (AvgIpc) is 2.40. The lowest BCUT2D eigenvalue weighted by molar-refractivity contribution is -0.144. The van der Waals surface area contributed by atoms with Crippen LogP contribution in [0.1, 0.15) is 58.8 Å². The van der Waals surface area contributed by atoms with Crippen molar-refractivity contribution in [1.29, 1.82) is 0 Å². The van der Waals surface area contributed by atoms with Crippen molar-refractivity contribution in [3.63, 3.8) is 0 Å². The topological polar surface area (TPSA) is 15.3 Å². The molecular formula is C15H27F3N2. The first-order valence-corrected chi connectivity index (χ1v) is 7.85. The van der Waals surface area contributed by atoms with Crippen LogP contribution in [0.15, 0.2) is 0 Å². The highest BCUT2D eigenvalue weighted by atomic mass is 19.4. The molecule has 118 valence electrons. The van der Waals surface area contributed by atoms with Crippen molar-refractivity contribution in [3.05, 3.63) is 0 Å². The summed E-state index contributed by atoms with van der Waals surface area (Å²) in [6.45, 7) is 5.87. The highest BCUT2D eigenvalue weighted by Crippen LogP contribution is 2.36. The van der Waals surface area contributed by atoms with Crippen LogP contribution < -0.4 is 5.32 Å². The van der Waals surface area contributed by atoms with Crippen LogP contribution in [-0.4, -0.2) is 41.8 Å². The zero-order chi connectivity index (χ0) is 14.9. The first-order valence-electron chi connectivity index (χ1n) is 7.85. The number of piperazine rings is 1. The molecule has 2 nitrogen and oxygen atoms in total. The molecule has 1 heterocycles. The Labute approximate surface area is 120 Å². The van der Waals surface area contributed by atoms with Crippen molar-refractivity contribution in [3.8, 4) is 0 Å². The minimum Gasteiger partial charge on any atom is -0.308 e. The molecule has 1 unspecified atom stereocenters. The van der Waals surface area contributed by atoms with E-state index in [4.69, 9.17) is 0 Å². The third-order valence-corrected chi connectivity index (χ3v) is 5.34. The molecule has 1 atom stereocenters. The molecule has 1 spiro atoms. The quantitative estimate of drug-likeness (QED) is 0.853. The van der Waals surface area contributed by atoms with Crippen molar-refractivity contribution in [2.24, 2.45) is 0 Å². The SMILES string of the molecule is CCC1(C)CNC2(CCCCC2)CN1CCC(F)(F)F. The van der Waals surface area contributed by atoms with Crippen LogP contribution >= 0.6 is 0 Å². The van der Waals surface area contributed by atoms with Gasteiger partial charge in [0.25, 0.3) is 0 Å². The van der Waals surface area contributed by atoms with Gasteiger partial charge in [0.05, 0.1) is 6.42 Å². The maximum absolute atomic E-state index is 12.6. The maximum atomic E-state index is 12.6. The Morgan fingerprint density at radius 3 is 2.35 bits per heavy atom. The number of nitrogens with zero attached hydrogens (tertiary/aromatic N) is 1. The van der Waals surface area contributed by atoms with Gasteiger partial charge in [0, 0.05) is 30.7 Å². The van der Waals surface area contributed by atoms with E-state index in [1.54, 1.807) is 0 Å². The van der Waals surface area contributed by atoms with Gasteiger partial charge in [0.15, 0.2) is 0 Å². The van der Waals surface area contributed by atoms with Crippen molar-refractivity contribution in [2.45, 2.75) is 76.0 Å². The molecule has 20 heavy (non-hydrogen) atoms. The van der Waals surface area contributed by atoms with E-state index >= 15 is 0 Å². The molecule has 1 N–H and O–H groups in total. The fourth-order valence-corrected chi connectivity index (χ4v) is 3.62. The summed E-state index contributed by atoms with van der Waals surface area (Å²) in [6, 6.07) is 0.